The molecule has 0 heterocycles. The highest BCUT2D eigenvalue weighted by Gasteiger charge is 2.21. The molecule has 0 atom stereocenters. The lowest BCUT2D eigenvalue weighted by Crippen LogP contribution is -2.16. The molecule has 0 aromatic rings. The Morgan fingerprint density at radius 3 is 1.92 bits per heavy atom. The maximum Gasteiger partial charge on any atom is 0.342 e. The van der Waals surface area contributed by atoms with E-state index in [1.54, 1.807) is 0 Å². The van der Waals surface area contributed by atoms with Crippen molar-refractivity contribution in [3.8, 4) is 0 Å². The van der Waals surface area contributed by atoms with Gasteiger partial charge in [-0.15, -0.1) is 0 Å². The fourth-order valence-electron chi connectivity index (χ4n) is 1.08. The fourth-order valence-corrected chi connectivity index (χ4v) is 1.08. The molecule has 4 heteroatoms. The van der Waals surface area contributed by atoms with Crippen molar-refractivity contribution >= 4 is 11.9 Å². The van der Waals surface area contributed by atoms with E-state index < -0.39 is 17.5 Å². The van der Waals surface area contributed by atoms with Gasteiger partial charge in [-0.05, 0) is 18.8 Å². The highest BCUT2D eigenvalue weighted by Crippen LogP contribution is 2.28. The van der Waals surface area contributed by atoms with E-state index in [2.05, 4.69) is 0 Å². The lowest BCUT2D eigenvalue weighted by atomic mass is 9.84. The minimum atomic E-state index is -1.35. The largest absolute Gasteiger partial charge is 0.477 e. The first kappa shape index (κ1) is 8.77. The molecule has 1 aliphatic carbocycles. The molecule has 1 saturated carbocycles. The minimum absolute atomic E-state index is 0.159. The topological polar surface area (TPSA) is 74.6 Å². The van der Waals surface area contributed by atoms with Crippen LogP contribution in [-0.4, -0.2) is 22.2 Å². The molecule has 0 saturated heterocycles. The Kier molecular flexibility index (Phi) is 2.47. The molecule has 2 N–H and O–H groups in total. The monoisotopic (exact) mass is 170 g/mol. The smallest absolute Gasteiger partial charge is 0.342 e. The van der Waals surface area contributed by atoms with Crippen LogP contribution in [0.25, 0.3) is 0 Å². The summed E-state index contributed by atoms with van der Waals surface area (Å²) >= 11 is 0. The van der Waals surface area contributed by atoms with Crippen molar-refractivity contribution in [2.45, 2.75) is 19.3 Å². The second-order valence-corrected chi connectivity index (χ2v) is 2.88. The summed E-state index contributed by atoms with van der Waals surface area (Å²) in [5.74, 6) is -2.55. The summed E-state index contributed by atoms with van der Waals surface area (Å²) in [5, 5.41) is 16.9. The zero-order valence-electron chi connectivity index (χ0n) is 6.49. The summed E-state index contributed by atoms with van der Waals surface area (Å²) in [6, 6.07) is 0. The van der Waals surface area contributed by atoms with Gasteiger partial charge in [-0.1, -0.05) is 12.5 Å². The van der Waals surface area contributed by atoms with Crippen LogP contribution in [0.1, 0.15) is 19.3 Å². The van der Waals surface area contributed by atoms with E-state index in [1.807, 2.05) is 0 Å². The van der Waals surface area contributed by atoms with Gasteiger partial charge in [0.15, 0.2) is 0 Å². The molecular weight excluding hydrogens is 160 g/mol. The molecule has 0 bridgehead atoms. The predicted octanol–water partition coefficient (Wildman–Crippen LogP) is 0.882. The van der Waals surface area contributed by atoms with Gasteiger partial charge in [0.05, 0.1) is 0 Å². The van der Waals surface area contributed by atoms with Crippen LogP contribution in [-0.2, 0) is 9.59 Å². The van der Waals surface area contributed by atoms with Crippen molar-refractivity contribution in [3.05, 3.63) is 11.6 Å². The van der Waals surface area contributed by atoms with E-state index in [4.69, 9.17) is 10.2 Å². The van der Waals surface area contributed by atoms with Gasteiger partial charge in [0.1, 0.15) is 5.57 Å². The maximum absolute atomic E-state index is 10.4. The molecule has 0 amide bonds. The van der Waals surface area contributed by atoms with Crippen LogP contribution >= 0.6 is 0 Å². The molecule has 0 spiro atoms. The second-order valence-electron chi connectivity index (χ2n) is 2.88. The molecule has 0 aromatic heterocycles. The van der Waals surface area contributed by atoms with Gasteiger partial charge in [-0.25, -0.2) is 9.59 Å². The van der Waals surface area contributed by atoms with Gasteiger partial charge in [0, 0.05) is 0 Å². The fraction of sp³-hybridized carbons (Fsp3) is 0.500. The third kappa shape index (κ3) is 1.84. The minimum Gasteiger partial charge on any atom is -0.477 e. The first-order valence-electron chi connectivity index (χ1n) is 3.79. The lowest BCUT2D eigenvalue weighted by Gasteiger charge is -2.21. The molecule has 4 nitrogen and oxygen atoms in total. The Balaban J connectivity index is 2.69. The van der Waals surface area contributed by atoms with Crippen molar-refractivity contribution in [1.29, 1.82) is 0 Å². The summed E-state index contributed by atoms with van der Waals surface area (Å²) in [6.45, 7) is 0. The molecule has 12 heavy (non-hydrogen) atoms. The van der Waals surface area contributed by atoms with Crippen LogP contribution in [0.5, 0.6) is 0 Å². The van der Waals surface area contributed by atoms with Crippen molar-refractivity contribution in [1.82, 2.24) is 0 Å². The highest BCUT2D eigenvalue weighted by atomic mass is 16.4. The average molecular weight is 170 g/mol. The molecule has 1 rings (SSSR count). The summed E-state index contributed by atoms with van der Waals surface area (Å²) < 4.78 is 0. The number of carbonyl (C=O) groups is 2. The summed E-state index contributed by atoms with van der Waals surface area (Å²) in [5.41, 5.74) is -0.500. The molecule has 1 aliphatic rings. The molecule has 0 aromatic carbocycles. The van der Waals surface area contributed by atoms with Crippen molar-refractivity contribution < 1.29 is 19.8 Å². The van der Waals surface area contributed by atoms with Crippen LogP contribution in [0.4, 0.5) is 0 Å². The molecule has 0 unspecified atom stereocenters. The van der Waals surface area contributed by atoms with Gasteiger partial charge >= 0.3 is 11.9 Å². The quantitative estimate of drug-likeness (QED) is 0.374. The third-order valence-corrected chi connectivity index (χ3v) is 2.01. The second kappa shape index (κ2) is 3.38. The first-order valence-corrected chi connectivity index (χ1v) is 3.79. The normalized spacial score (nSPS) is 16.3. The van der Waals surface area contributed by atoms with Gasteiger partial charge in [-0.3, -0.25) is 0 Å². The Bertz CT molecular complexity index is 221. The molecule has 66 valence electrons. The number of rotatable bonds is 3. The number of hydrogen-bond acceptors (Lipinski definition) is 2. The summed E-state index contributed by atoms with van der Waals surface area (Å²) in [4.78, 5) is 20.7. The zero-order chi connectivity index (χ0) is 9.14. The van der Waals surface area contributed by atoms with Gasteiger partial charge in [0.2, 0.25) is 0 Å². The maximum atomic E-state index is 10.4. The highest BCUT2D eigenvalue weighted by molar-refractivity contribution is 6.12. The number of carboxylic acids is 2. The molecular formula is C8H10O4. The van der Waals surface area contributed by atoms with Crippen molar-refractivity contribution in [2.24, 2.45) is 5.92 Å². The average Bonchev–Trinajstić information content (AvgIpc) is 1.82. The van der Waals surface area contributed by atoms with E-state index in [-0.39, 0.29) is 5.92 Å². The van der Waals surface area contributed by atoms with E-state index in [0.717, 1.165) is 19.3 Å². The van der Waals surface area contributed by atoms with Crippen LogP contribution in [0.2, 0.25) is 0 Å². The molecule has 1 fully saturated rings. The lowest BCUT2D eigenvalue weighted by molar-refractivity contribution is -0.140. The third-order valence-electron chi connectivity index (χ3n) is 2.01. The molecule has 0 aliphatic heterocycles. The number of aliphatic carboxylic acids is 2. The van der Waals surface area contributed by atoms with Crippen LogP contribution in [0.15, 0.2) is 11.6 Å². The van der Waals surface area contributed by atoms with Crippen LogP contribution in [0, 0.1) is 5.92 Å². The Morgan fingerprint density at radius 1 is 1.17 bits per heavy atom. The van der Waals surface area contributed by atoms with E-state index in [0.29, 0.717) is 0 Å². The van der Waals surface area contributed by atoms with Crippen LogP contribution in [0.3, 0.4) is 0 Å². The molecule has 0 radical (unpaired) electrons. The van der Waals surface area contributed by atoms with Crippen LogP contribution < -0.4 is 0 Å². The van der Waals surface area contributed by atoms with E-state index in [1.165, 1.54) is 6.08 Å². The first-order chi connectivity index (χ1) is 5.61. The Hall–Kier alpha value is -1.32. The van der Waals surface area contributed by atoms with Gasteiger partial charge < -0.3 is 10.2 Å². The van der Waals surface area contributed by atoms with E-state index >= 15 is 0 Å². The SMILES string of the molecule is O=C(O)C(=CC1CCC1)C(=O)O. The summed E-state index contributed by atoms with van der Waals surface area (Å²) in [6.07, 6.45) is 4.22. The van der Waals surface area contributed by atoms with Gasteiger partial charge in [-0.2, -0.15) is 0 Å². The Morgan fingerprint density at radius 2 is 1.67 bits per heavy atom. The zero-order valence-corrected chi connectivity index (χ0v) is 6.49. The standard InChI is InChI=1S/C8H10O4/c9-7(10)6(8(11)12)4-5-2-1-3-5/h4-5H,1-3H2,(H,9,10)(H,11,12). The van der Waals surface area contributed by atoms with Crippen molar-refractivity contribution in [3.63, 3.8) is 0 Å². The van der Waals surface area contributed by atoms with Gasteiger partial charge in [0.25, 0.3) is 0 Å². The number of allylic oxidation sites excluding steroid dienone is 1. The Labute approximate surface area is 69.5 Å². The number of hydrogen-bond donors (Lipinski definition) is 2. The van der Waals surface area contributed by atoms with E-state index in [9.17, 15) is 9.59 Å². The predicted molar refractivity (Wildman–Crippen MR) is 40.7 cm³/mol. The van der Waals surface area contributed by atoms with Crippen molar-refractivity contribution in [2.75, 3.05) is 0 Å². The summed E-state index contributed by atoms with van der Waals surface area (Å²) in [7, 11) is 0. The number of carboxylic acid groups (broad SMARTS) is 2.